The molecule has 2 fully saturated rings. The Balaban J connectivity index is 2.07. The van der Waals surface area contributed by atoms with Crippen LogP contribution in [0.4, 0.5) is 0 Å². The van der Waals surface area contributed by atoms with E-state index in [9.17, 15) is 9.59 Å². The highest BCUT2D eigenvalue weighted by Gasteiger charge is 2.57. The van der Waals surface area contributed by atoms with Gasteiger partial charge in [0.2, 0.25) is 5.91 Å². The quantitative estimate of drug-likeness (QED) is 0.490. The standard InChI is InChI=1S/C12H20N2O2/c1-9-7-14(8-10(14)2)12(16)6-4-3-5-11(15)13-9/h9-10H,3-8H2,1-2H3/p+1. The van der Waals surface area contributed by atoms with E-state index in [1.807, 2.05) is 6.92 Å². The van der Waals surface area contributed by atoms with Crippen LogP contribution in [-0.2, 0) is 9.59 Å². The van der Waals surface area contributed by atoms with Crippen molar-refractivity contribution < 1.29 is 14.1 Å². The molecule has 16 heavy (non-hydrogen) atoms. The van der Waals surface area contributed by atoms with Crippen LogP contribution < -0.4 is 5.32 Å². The Bertz CT molecular complexity index is 316. The summed E-state index contributed by atoms with van der Waals surface area (Å²) in [5, 5.41) is 2.98. The first-order valence-corrected chi connectivity index (χ1v) is 6.24. The van der Waals surface area contributed by atoms with Crippen LogP contribution in [-0.4, -0.2) is 41.5 Å². The van der Waals surface area contributed by atoms with Crippen molar-refractivity contribution in [1.82, 2.24) is 5.32 Å². The van der Waals surface area contributed by atoms with Gasteiger partial charge in [-0.05, 0) is 26.7 Å². The second kappa shape index (κ2) is 4.17. The average molecular weight is 225 g/mol. The zero-order chi connectivity index (χ0) is 11.8. The Hall–Kier alpha value is -0.900. The lowest BCUT2D eigenvalue weighted by molar-refractivity contribution is -0.734. The van der Waals surface area contributed by atoms with Crippen molar-refractivity contribution in [1.29, 1.82) is 0 Å². The van der Waals surface area contributed by atoms with E-state index in [0.717, 1.165) is 25.9 Å². The number of rotatable bonds is 0. The van der Waals surface area contributed by atoms with Gasteiger partial charge in [0, 0.05) is 6.42 Å². The summed E-state index contributed by atoms with van der Waals surface area (Å²) in [5.41, 5.74) is 0. The lowest BCUT2D eigenvalue weighted by atomic mass is 10.1. The molecule has 0 aliphatic carbocycles. The first-order valence-electron chi connectivity index (χ1n) is 6.24. The smallest absolute Gasteiger partial charge is 0.314 e. The van der Waals surface area contributed by atoms with Crippen molar-refractivity contribution in [2.45, 2.75) is 51.6 Å². The fourth-order valence-electron chi connectivity index (χ4n) is 2.79. The van der Waals surface area contributed by atoms with Gasteiger partial charge in [-0.15, -0.1) is 0 Å². The lowest BCUT2D eigenvalue weighted by Crippen LogP contribution is -2.47. The lowest BCUT2D eigenvalue weighted by Gasteiger charge is -2.23. The molecule has 0 aromatic carbocycles. The normalized spacial score (nSPS) is 40.6. The van der Waals surface area contributed by atoms with Crippen LogP contribution in [0.3, 0.4) is 0 Å². The second-order valence-corrected chi connectivity index (χ2v) is 5.32. The topological polar surface area (TPSA) is 46.2 Å². The van der Waals surface area contributed by atoms with E-state index in [-0.39, 0.29) is 11.9 Å². The number of nitrogens with one attached hydrogen (secondary N) is 1. The molecule has 0 saturated carbocycles. The van der Waals surface area contributed by atoms with Gasteiger partial charge in [0.15, 0.2) is 0 Å². The maximum absolute atomic E-state index is 12.1. The van der Waals surface area contributed by atoms with Gasteiger partial charge in [0.25, 0.3) is 0 Å². The van der Waals surface area contributed by atoms with Crippen LogP contribution in [0, 0.1) is 0 Å². The van der Waals surface area contributed by atoms with E-state index < -0.39 is 0 Å². The molecular formula is C12H21N2O2+. The summed E-state index contributed by atoms with van der Waals surface area (Å²) < 4.78 is 0.599. The minimum absolute atomic E-state index is 0.111. The highest BCUT2D eigenvalue weighted by molar-refractivity contribution is 5.76. The summed E-state index contributed by atoms with van der Waals surface area (Å²) in [6, 6.07) is 0.561. The highest BCUT2D eigenvalue weighted by atomic mass is 16.2. The molecule has 2 rings (SSSR count). The fraction of sp³-hybridized carbons (Fsp3) is 0.833. The Kier molecular flexibility index (Phi) is 3.02. The zero-order valence-electron chi connectivity index (χ0n) is 10.2. The molecule has 4 nitrogen and oxygen atoms in total. The number of carbonyl (C=O) groups excluding carboxylic acids is 2. The van der Waals surface area contributed by atoms with Crippen LogP contribution in [0.15, 0.2) is 0 Å². The van der Waals surface area contributed by atoms with Gasteiger partial charge in [-0.3, -0.25) is 4.79 Å². The van der Waals surface area contributed by atoms with E-state index in [0.29, 0.717) is 29.3 Å². The molecule has 2 saturated heterocycles. The second-order valence-electron chi connectivity index (χ2n) is 5.32. The van der Waals surface area contributed by atoms with Crippen LogP contribution >= 0.6 is 0 Å². The summed E-state index contributed by atoms with van der Waals surface area (Å²) in [4.78, 5) is 23.6. The molecule has 2 heterocycles. The Morgan fingerprint density at radius 1 is 1.12 bits per heavy atom. The van der Waals surface area contributed by atoms with Gasteiger partial charge in [-0.1, -0.05) is 0 Å². The maximum atomic E-state index is 12.1. The maximum Gasteiger partial charge on any atom is 0.314 e. The highest BCUT2D eigenvalue weighted by Crippen LogP contribution is 2.33. The minimum Gasteiger partial charge on any atom is -0.348 e. The van der Waals surface area contributed by atoms with E-state index in [1.165, 1.54) is 0 Å². The molecule has 0 aromatic rings. The first kappa shape index (κ1) is 11.6. The number of nitrogens with zero attached hydrogens (tertiary/aromatic N) is 1. The van der Waals surface area contributed by atoms with Gasteiger partial charge in [-0.25, -0.2) is 9.28 Å². The van der Waals surface area contributed by atoms with Crippen molar-refractivity contribution in [3.8, 4) is 0 Å². The molecule has 0 bridgehead atoms. The van der Waals surface area contributed by atoms with E-state index in [4.69, 9.17) is 0 Å². The number of carbonyl (C=O) groups is 2. The molecule has 0 radical (unpaired) electrons. The molecule has 0 aromatic heterocycles. The molecule has 1 N–H and O–H groups in total. The average Bonchev–Trinajstić information content (AvgIpc) is 2.83. The summed E-state index contributed by atoms with van der Waals surface area (Å²) in [6.45, 7) is 5.85. The first-order chi connectivity index (χ1) is 7.54. The molecule has 2 aliphatic rings. The number of amides is 2. The summed E-state index contributed by atoms with van der Waals surface area (Å²) in [6.07, 6.45) is 2.89. The van der Waals surface area contributed by atoms with Crippen LogP contribution in [0.5, 0.6) is 0 Å². The van der Waals surface area contributed by atoms with Crippen molar-refractivity contribution >= 4 is 11.8 Å². The van der Waals surface area contributed by atoms with Crippen molar-refractivity contribution in [2.75, 3.05) is 13.1 Å². The molecule has 90 valence electrons. The third-order valence-electron chi connectivity index (χ3n) is 3.85. The Morgan fingerprint density at radius 3 is 2.38 bits per heavy atom. The third-order valence-corrected chi connectivity index (χ3v) is 3.85. The predicted octanol–water partition coefficient (Wildman–Crippen LogP) is 0.811. The molecule has 4 heteroatoms. The van der Waals surface area contributed by atoms with E-state index in [2.05, 4.69) is 12.2 Å². The van der Waals surface area contributed by atoms with E-state index >= 15 is 0 Å². The molecule has 1 spiro atoms. The van der Waals surface area contributed by atoms with Gasteiger partial charge < -0.3 is 5.32 Å². The van der Waals surface area contributed by atoms with Gasteiger partial charge in [0.1, 0.15) is 19.1 Å². The van der Waals surface area contributed by atoms with Gasteiger partial charge >= 0.3 is 5.91 Å². The van der Waals surface area contributed by atoms with Crippen molar-refractivity contribution in [3.63, 3.8) is 0 Å². The molecule has 3 unspecified atom stereocenters. The summed E-state index contributed by atoms with van der Waals surface area (Å²) in [5.74, 6) is 0.505. The van der Waals surface area contributed by atoms with Crippen LogP contribution in [0.25, 0.3) is 0 Å². The minimum atomic E-state index is 0.111. The van der Waals surface area contributed by atoms with Crippen LogP contribution in [0.2, 0.25) is 0 Å². The van der Waals surface area contributed by atoms with Crippen molar-refractivity contribution in [2.24, 2.45) is 0 Å². The number of hydrogen-bond acceptors (Lipinski definition) is 2. The van der Waals surface area contributed by atoms with Crippen molar-refractivity contribution in [3.05, 3.63) is 0 Å². The SMILES string of the molecule is CC1C[N+]2(CC2C)C(=O)CCCCC(=O)N1. The number of quaternary nitrogens is 1. The summed E-state index contributed by atoms with van der Waals surface area (Å²) in [7, 11) is 0. The molecule has 2 amide bonds. The number of hydrogen-bond donors (Lipinski definition) is 1. The predicted molar refractivity (Wildman–Crippen MR) is 60.5 cm³/mol. The monoisotopic (exact) mass is 225 g/mol. The molecule has 2 aliphatic heterocycles. The molecular weight excluding hydrogens is 204 g/mol. The Morgan fingerprint density at radius 2 is 1.75 bits per heavy atom. The van der Waals surface area contributed by atoms with Gasteiger partial charge in [-0.2, -0.15) is 0 Å². The molecule has 3 atom stereocenters. The summed E-state index contributed by atoms with van der Waals surface area (Å²) >= 11 is 0. The third kappa shape index (κ3) is 2.12. The van der Waals surface area contributed by atoms with Crippen LogP contribution in [0.1, 0.15) is 39.5 Å². The zero-order valence-corrected chi connectivity index (χ0v) is 10.2. The van der Waals surface area contributed by atoms with Gasteiger partial charge in [0.05, 0.1) is 12.5 Å². The fourth-order valence-corrected chi connectivity index (χ4v) is 2.79. The van der Waals surface area contributed by atoms with E-state index in [1.54, 1.807) is 0 Å². The largest absolute Gasteiger partial charge is 0.348 e. The Labute approximate surface area is 96.6 Å².